The van der Waals surface area contributed by atoms with Crippen molar-refractivity contribution in [1.29, 1.82) is 10.5 Å². The van der Waals surface area contributed by atoms with Crippen molar-refractivity contribution in [3.05, 3.63) is 102 Å². The van der Waals surface area contributed by atoms with E-state index in [4.69, 9.17) is 0 Å². The van der Waals surface area contributed by atoms with Crippen LogP contribution in [0, 0.1) is 28.5 Å². The Balaban J connectivity index is 2.17. The van der Waals surface area contributed by atoms with Gasteiger partial charge in [-0.15, -0.1) is 0 Å². The maximum absolute atomic E-state index is 14.6. The molecule has 3 nitrogen and oxygen atoms in total. The van der Waals surface area contributed by atoms with Crippen LogP contribution in [-0.2, 0) is 0 Å². The summed E-state index contributed by atoms with van der Waals surface area (Å²) in [6, 6.07) is 29.0. The molecule has 0 saturated carbocycles. The van der Waals surface area contributed by atoms with E-state index in [1.807, 2.05) is 60.7 Å². The molecule has 0 saturated heterocycles. The van der Waals surface area contributed by atoms with Crippen molar-refractivity contribution >= 4 is 0 Å². The minimum Gasteiger partial charge on any atom is -0.245 e. The van der Waals surface area contributed by atoms with Gasteiger partial charge in [0.15, 0.2) is 0 Å². The number of hydrogen-bond donors (Lipinski definition) is 0. The SMILES string of the molecule is N#Cc1c(-c2ccccc2)nc(-c2ccccc2F)c(C#N)c1-c1ccccc1. The molecule has 0 spiro atoms. The van der Waals surface area contributed by atoms with Gasteiger partial charge in [0, 0.05) is 16.7 Å². The molecule has 136 valence electrons. The van der Waals surface area contributed by atoms with Crippen molar-refractivity contribution in [1.82, 2.24) is 4.98 Å². The number of halogens is 1. The van der Waals surface area contributed by atoms with E-state index in [-0.39, 0.29) is 16.8 Å². The molecular formula is C25H14FN3. The van der Waals surface area contributed by atoms with Gasteiger partial charge in [0.05, 0.1) is 22.5 Å². The van der Waals surface area contributed by atoms with Crippen LogP contribution < -0.4 is 0 Å². The van der Waals surface area contributed by atoms with E-state index >= 15 is 0 Å². The van der Waals surface area contributed by atoms with Crippen molar-refractivity contribution in [3.63, 3.8) is 0 Å². The molecule has 4 rings (SSSR count). The van der Waals surface area contributed by atoms with Gasteiger partial charge >= 0.3 is 0 Å². The summed E-state index contributed by atoms with van der Waals surface area (Å²) in [6.45, 7) is 0. The van der Waals surface area contributed by atoms with E-state index in [1.54, 1.807) is 18.2 Å². The zero-order valence-corrected chi connectivity index (χ0v) is 15.3. The quantitative estimate of drug-likeness (QED) is 0.443. The number of benzene rings is 3. The molecule has 29 heavy (non-hydrogen) atoms. The predicted molar refractivity (Wildman–Crippen MR) is 110 cm³/mol. The molecule has 0 unspecified atom stereocenters. The molecule has 1 heterocycles. The first-order chi connectivity index (χ1) is 14.2. The second kappa shape index (κ2) is 7.76. The monoisotopic (exact) mass is 375 g/mol. The summed E-state index contributed by atoms with van der Waals surface area (Å²) >= 11 is 0. The number of aromatic nitrogens is 1. The van der Waals surface area contributed by atoms with Crippen LogP contribution in [0.2, 0.25) is 0 Å². The summed E-state index contributed by atoms with van der Waals surface area (Å²) < 4.78 is 14.6. The molecule has 0 fully saturated rings. The number of pyridine rings is 1. The third-order valence-electron chi connectivity index (χ3n) is 4.66. The van der Waals surface area contributed by atoms with Crippen molar-refractivity contribution in [2.24, 2.45) is 0 Å². The lowest BCUT2D eigenvalue weighted by Crippen LogP contribution is -2.02. The summed E-state index contributed by atoms with van der Waals surface area (Å²) in [6.07, 6.45) is 0. The van der Waals surface area contributed by atoms with Gasteiger partial charge in [-0.05, 0) is 17.7 Å². The Kier molecular flexibility index (Phi) is 4.84. The van der Waals surface area contributed by atoms with Crippen molar-refractivity contribution in [3.8, 4) is 45.8 Å². The first kappa shape index (κ1) is 18.1. The average molecular weight is 375 g/mol. The molecule has 0 bridgehead atoms. The minimum absolute atomic E-state index is 0.178. The smallest absolute Gasteiger partial charge is 0.132 e. The molecule has 0 aliphatic carbocycles. The lowest BCUT2D eigenvalue weighted by molar-refractivity contribution is 0.630. The molecule has 1 aromatic heterocycles. The molecule has 0 aliphatic rings. The molecule has 4 heteroatoms. The van der Waals surface area contributed by atoms with Gasteiger partial charge in [-0.2, -0.15) is 10.5 Å². The van der Waals surface area contributed by atoms with Gasteiger partial charge < -0.3 is 0 Å². The molecule has 0 atom stereocenters. The highest BCUT2D eigenvalue weighted by atomic mass is 19.1. The highest BCUT2D eigenvalue weighted by Crippen LogP contribution is 2.38. The summed E-state index contributed by atoms with van der Waals surface area (Å²) in [5.74, 6) is -0.473. The van der Waals surface area contributed by atoms with Crippen molar-refractivity contribution in [2.45, 2.75) is 0 Å². The zero-order valence-electron chi connectivity index (χ0n) is 15.3. The van der Waals surface area contributed by atoms with Gasteiger partial charge in [-0.25, -0.2) is 9.37 Å². The highest BCUT2D eigenvalue weighted by molar-refractivity contribution is 5.89. The molecule has 0 aliphatic heterocycles. The summed E-state index contributed by atoms with van der Waals surface area (Å²) in [4.78, 5) is 4.62. The van der Waals surface area contributed by atoms with E-state index in [0.717, 1.165) is 5.56 Å². The third kappa shape index (κ3) is 3.25. The van der Waals surface area contributed by atoms with Crippen molar-refractivity contribution in [2.75, 3.05) is 0 Å². The Labute approximate surface area is 168 Å². The Morgan fingerprint density at radius 1 is 0.621 bits per heavy atom. The van der Waals surface area contributed by atoms with E-state index < -0.39 is 5.82 Å². The fourth-order valence-corrected chi connectivity index (χ4v) is 3.35. The normalized spacial score (nSPS) is 10.2. The second-order valence-electron chi connectivity index (χ2n) is 6.37. The third-order valence-corrected chi connectivity index (χ3v) is 4.66. The largest absolute Gasteiger partial charge is 0.245 e. The van der Waals surface area contributed by atoms with E-state index in [9.17, 15) is 14.9 Å². The Morgan fingerprint density at radius 3 is 1.72 bits per heavy atom. The van der Waals surface area contributed by atoms with Crippen LogP contribution in [0.25, 0.3) is 33.6 Å². The summed E-state index contributed by atoms with van der Waals surface area (Å²) in [5, 5.41) is 20.0. The fourth-order valence-electron chi connectivity index (χ4n) is 3.35. The average Bonchev–Trinajstić information content (AvgIpc) is 2.79. The topological polar surface area (TPSA) is 60.5 Å². The van der Waals surface area contributed by atoms with Crippen LogP contribution in [0.3, 0.4) is 0 Å². The number of nitriles is 2. The van der Waals surface area contributed by atoms with Gasteiger partial charge in [-0.3, -0.25) is 0 Å². The second-order valence-corrected chi connectivity index (χ2v) is 6.37. The fraction of sp³-hybridized carbons (Fsp3) is 0. The molecule has 3 aromatic carbocycles. The standard InChI is InChI=1S/C25H14FN3/c26-22-14-8-7-13-19(22)25-21(16-28)23(17-9-3-1-4-10-17)20(15-27)24(29-25)18-11-5-2-6-12-18/h1-14H. The maximum Gasteiger partial charge on any atom is 0.132 e. The molecular weight excluding hydrogens is 361 g/mol. The summed E-state index contributed by atoms with van der Waals surface area (Å²) in [5.41, 5.74) is 3.23. The van der Waals surface area contributed by atoms with Crippen LogP contribution in [-0.4, -0.2) is 4.98 Å². The Bertz CT molecular complexity index is 1270. The van der Waals surface area contributed by atoms with Gasteiger partial charge in [0.1, 0.15) is 18.0 Å². The van der Waals surface area contributed by atoms with Crippen LogP contribution in [0.1, 0.15) is 11.1 Å². The predicted octanol–water partition coefficient (Wildman–Crippen LogP) is 5.97. The first-order valence-corrected chi connectivity index (χ1v) is 8.98. The molecule has 0 amide bonds. The maximum atomic E-state index is 14.6. The van der Waals surface area contributed by atoms with Gasteiger partial charge in [0.2, 0.25) is 0 Å². The van der Waals surface area contributed by atoms with Crippen LogP contribution in [0.5, 0.6) is 0 Å². The van der Waals surface area contributed by atoms with E-state index in [2.05, 4.69) is 17.1 Å². The number of rotatable bonds is 3. The highest BCUT2D eigenvalue weighted by Gasteiger charge is 2.24. The van der Waals surface area contributed by atoms with Crippen molar-refractivity contribution < 1.29 is 4.39 Å². The Hall–Kier alpha value is -4.28. The lowest BCUT2D eigenvalue weighted by atomic mass is 9.89. The first-order valence-electron chi connectivity index (χ1n) is 8.98. The Morgan fingerprint density at radius 2 is 1.14 bits per heavy atom. The molecule has 4 aromatic rings. The number of nitrogens with zero attached hydrogens (tertiary/aromatic N) is 3. The molecule has 0 radical (unpaired) electrons. The van der Waals surface area contributed by atoms with Crippen LogP contribution in [0.15, 0.2) is 84.9 Å². The summed E-state index contributed by atoms with van der Waals surface area (Å²) in [7, 11) is 0. The van der Waals surface area contributed by atoms with Gasteiger partial charge in [-0.1, -0.05) is 72.8 Å². The molecule has 0 N–H and O–H groups in total. The van der Waals surface area contributed by atoms with E-state index in [0.29, 0.717) is 22.4 Å². The van der Waals surface area contributed by atoms with E-state index in [1.165, 1.54) is 6.07 Å². The van der Waals surface area contributed by atoms with Crippen LogP contribution in [0.4, 0.5) is 4.39 Å². The van der Waals surface area contributed by atoms with Gasteiger partial charge in [0.25, 0.3) is 0 Å². The number of hydrogen-bond acceptors (Lipinski definition) is 3. The minimum atomic E-state index is -0.473. The lowest BCUT2D eigenvalue weighted by Gasteiger charge is -2.16. The van der Waals surface area contributed by atoms with Crippen LogP contribution >= 0.6 is 0 Å². The zero-order chi connectivity index (χ0) is 20.2.